The Bertz CT molecular complexity index is 660. The number of rotatable bonds is 3. The molecule has 0 spiro atoms. The van der Waals surface area contributed by atoms with Crippen LogP contribution in [0.15, 0.2) is 42.5 Å². The van der Waals surface area contributed by atoms with E-state index in [1.807, 2.05) is 0 Å². The zero-order valence-corrected chi connectivity index (χ0v) is 12.4. The van der Waals surface area contributed by atoms with Crippen LogP contribution in [-0.4, -0.2) is 19.0 Å². The molecule has 0 aliphatic carbocycles. The summed E-state index contributed by atoms with van der Waals surface area (Å²) in [7, 11) is 1.24. The third-order valence-electron chi connectivity index (χ3n) is 2.62. The van der Waals surface area contributed by atoms with E-state index < -0.39 is 11.9 Å². The Hall–Kier alpha value is -2.04. The molecule has 0 radical (unpaired) electrons. The molecule has 2 aromatic rings. The van der Waals surface area contributed by atoms with Crippen molar-refractivity contribution in [3.8, 4) is 5.75 Å². The first-order valence-corrected chi connectivity index (χ1v) is 6.63. The van der Waals surface area contributed by atoms with Crippen molar-refractivity contribution in [3.63, 3.8) is 0 Å². The lowest BCUT2D eigenvalue weighted by Crippen LogP contribution is -2.09. The molecule has 0 N–H and O–H groups in total. The van der Waals surface area contributed by atoms with E-state index in [1.54, 1.807) is 30.3 Å². The van der Waals surface area contributed by atoms with Crippen molar-refractivity contribution >= 4 is 35.1 Å². The Kier molecular flexibility index (Phi) is 4.83. The summed E-state index contributed by atoms with van der Waals surface area (Å²) in [5.41, 5.74) is 0.536. The SMILES string of the molecule is COC(=O)c1cc(Cl)c(OC(=O)c2ccccc2)c(Cl)c1. The van der Waals surface area contributed by atoms with Crippen molar-refractivity contribution in [2.75, 3.05) is 7.11 Å². The smallest absolute Gasteiger partial charge is 0.343 e. The zero-order chi connectivity index (χ0) is 15.4. The van der Waals surface area contributed by atoms with Crippen LogP contribution in [0, 0.1) is 0 Å². The molecule has 0 bridgehead atoms. The van der Waals surface area contributed by atoms with Crippen molar-refractivity contribution in [1.82, 2.24) is 0 Å². The largest absolute Gasteiger partial charge is 0.465 e. The fraction of sp³-hybridized carbons (Fsp3) is 0.0667. The molecule has 2 rings (SSSR count). The quantitative estimate of drug-likeness (QED) is 0.632. The molecule has 0 aromatic heterocycles. The molecular formula is C15H10Cl2O4. The minimum Gasteiger partial charge on any atom is -0.465 e. The average Bonchev–Trinajstić information content (AvgIpc) is 2.50. The predicted molar refractivity (Wildman–Crippen MR) is 79.2 cm³/mol. The molecule has 4 nitrogen and oxygen atoms in total. The summed E-state index contributed by atoms with van der Waals surface area (Å²) >= 11 is 12.0. The normalized spacial score (nSPS) is 10.0. The molecule has 6 heteroatoms. The maximum absolute atomic E-state index is 12.0. The average molecular weight is 325 g/mol. The Labute approximate surface area is 131 Å². The van der Waals surface area contributed by atoms with Gasteiger partial charge in [0.05, 0.1) is 28.3 Å². The number of carbonyl (C=O) groups is 2. The van der Waals surface area contributed by atoms with Crippen molar-refractivity contribution in [2.24, 2.45) is 0 Å². The summed E-state index contributed by atoms with van der Waals surface area (Å²) < 4.78 is 9.75. The number of methoxy groups -OCH3 is 1. The van der Waals surface area contributed by atoms with Crippen LogP contribution in [0.4, 0.5) is 0 Å². The van der Waals surface area contributed by atoms with Crippen LogP contribution in [-0.2, 0) is 4.74 Å². The van der Waals surface area contributed by atoms with Crippen molar-refractivity contribution < 1.29 is 19.1 Å². The van der Waals surface area contributed by atoms with Gasteiger partial charge in [-0.25, -0.2) is 9.59 Å². The van der Waals surface area contributed by atoms with Gasteiger partial charge >= 0.3 is 11.9 Å². The highest BCUT2D eigenvalue weighted by molar-refractivity contribution is 6.38. The maximum atomic E-state index is 12.0. The lowest BCUT2D eigenvalue weighted by atomic mass is 10.2. The van der Waals surface area contributed by atoms with Crippen molar-refractivity contribution in [2.45, 2.75) is 0 Å². The predicted octanol–water partition coefficient (Wildman–Crippen LogP) is 4.00. The summed E-state index contributed by atoms with van der Waals surface area (Å²) in [6, 6.07) is 11.1. The number of halogens is 2. The minimum atomic E-state index is -0.592. The van der Waals surface area contributed by atoms with Gasteiger partial charge in [0.15, 0.2) is 5.75 Å². The second kappa shape index (κ2) is 6.61. The van der Waals surface area contributed by atoms with Gasteiger partial charge in [0.2, 0.25) is 0 Å². The van der Waals surface area contributed by atoms with Crippen LogP contribution in [0.3, 0.4) is 0 Å². The van der Waals surface area contributed by atoms with Crippen LogP contribution in [0.25, 0.3) is 0 Å². The van der Waals surface area contributed by atoms with E-state index in [1.165, 1.54) is 19.2 Å². The molecule has 0 aliphatic heterocycles. The van der Waals surface area contributed by atoms with Gasteiger partial charge in [0, 0.05) is 0 Å². The maximum Gasteiger partial charge on any atom is 0.343 e. The third-order valence-corrected chi connectivity index (χ3v) is 3.19. The zero-order valence-electron chi connectivity index (χ0n) is 10.9. The lowest BCUT2D eigenvalue weighted by molar-refractivity contribution is 0.0600. The van der Waals surface area contributed by atoms with E-state index in [9.17, 15) is 9.59 Å². The van der Waals surface area contributed by atoms with Gasteiger partial charge in [0.25, 0.3) is 0 Å². The van der Waals surface area contributed by atoms with Gasteiger partial charge < -0.3 is 9.47 Å². The minimum absolute atomic E-state index is 0.000149. The van der Waals surface area contributed by atoms with E-state index in [-0.39, 0.29) is 21.4 Å². The summed E-state index contributed by atoms with van der Waals surface area (Å²) in [4.78, 5) is 23.4. The first-order chi connectivity index (χ1) is 10.0. The third kappa shape index (κ3) is 3.54. The highest BCUT2D eigenvalue weighted by Crippen LogP contribution is 2.35. The molecule has 0 saturated carbocycles. The standard InChI is InChI=1S/C15H10Cl2O4/c1-20-14(18)10-7-11(16)13(12(17)8-10)21-15(19)9-5-3-2-4-6-9/h2-8H,1H3. The number of ether oxygens (including phenoxy) is 2. The first-order valence-electron chi connectivity index (χ1n) is 5.87. The van der Waals surface area contributed by atoms with E-state index in [0.29, 0.717) is 5.56 Å². The van der Waals surface area contributed by atoms with Gasteiger partial charge in [-0.1, -0.05) is 41.4 Å². The van der Waals surface area contributed by atoms with Gasteiger partial charge in [-0.15, -0.1) is 0 Å². The molecule has 108 valence electrons. The molecule has 21 heavy (non-hydrogen) atoms. The van der Waals surface area contributed by atoms with E-state index in [0.717, 1.165) is 0 Å². The van der Waals surface area contributed by atoms with Crippen LogP contribution in [0.1, 0.15) is 20.7 Å². The molecule has 0 aliphatic rings. The number of esters is 2. The number of benzene rings is 2. The summed E-state index contributed by atoms with van der Waals surface area (Å²) in [5, 5.41) is 0.0966. The highest BCUT2D eigenvalue weighted by Gasteiger charge is 2.17. The van der Waals surface area contributed by atoms with Gasteiger partial charge in [0.1, 0.15) is 0 Å². The fourth-order valence-corrected chi connectivity index (χ4v) is 2.18. The van der Waals surface area contributed by atoms with Gasteiger partial charge in [-0.3, -0.25) is 0 Å². The highest BCUT2D eigenvalue weighted by atomic mass is 35.5. The van der Waals surface area contributed by atoms with E-state index >= 15 is 0 Å². The summed E-state index contributed by atoms with van der Waals surface area (Å²) in [5.74, 6) is -1.18. The molecule has 0 atom stereocenters. The molecule has 0 amide bonds. The van der Waals surface area contributed by atoms with Gasteiger partial charge in [-0.05, 0) is 24.3 Å². The molecule has 2 aromatic carbocycles. The first kappa shape index (κ1) is 15.4. The van der Waals surface area contributed by atoms with Crippen LogP contribution in [0.5, 0.6) is 5.75 Å². The second-order valence-electron chi connectivity index (χ2n) is 4.02. The Morgan fingerprint density at radius 2 is 1.48 bits per heavy atom. The second-order valence-corrected chi connectivity index (χ2v) is 4.83. The van der Waals surface area contributed by atoms with Crippen molar-refractivity contribution in [1.29, 1.82) is 0 Å². The Morgan fingerprint density at radius 3 is 2.00 bits per heavy atom. The fourth-order valence-electron chi connectivity index (χ4n) is 1.62. The Morgan fingerprint density at radius 1 is 0.905 bits per heavy atom. The molecule has 0 saturated heterocycles. The summed E-state index contributed by atoms with van der Waals surface area (Å²) in [6.07, 6.45) is 0. The van der Waals surface area contributed by atoms with Crippen molar-refractivity contribution in [3.05, 3.63) is 63.6 Å². The Balaban J connectivity index is 2.29. The molecular weight excluding hydrogens is 315 g/mol. The molecule has 0 fully saturated rings. The number of hydrogen-bond donors (Lipinski definition) is 0. The van der Waals surface area contributed by atoms with Crippen LogP contribution >= 0.6 is 23.2 Å². The van der Waals surface area contributed by atoms with E-state index in [4.69, 9.17) is 27.9 Å². The lowest BCUT2D eigenvalue weighted by Gasteiger charge is -2.09. The molecule has 0 unspecified atom stereocenters. The molecule has 0 heterocycles. The monoisotopic (exact) mass is 324 g/mol. The summed E-state index contributed by atoms with van der Waals surface area (Å²) in [6.45, 7) is 0. The van der Waals surface area contributed by atoms with E-state index in [2.05, 4.69) is 4.74 Å². The van der Waals surface area contributed by atoms with Crippen LogP contribution < -0.4 is 4.74 Å². The topological polar surface area (TPSA) is 52.6 Å². The number of carbonyl (C=O) groups excluding carboxylic acids is 2. The number of hydrogen-bond acceptors (Lipinski definition) is 4. The van der Waals surface area contributed by atoms with Gasteiger partial charge in [-0.2, -0.15) is 0 Å². The van der Waals surface area contributed by atoms with Crippen LogP contribution in [0.2, 0.25) is 10.0 Å².